The van der Waals surface area contributed by atoms with Gasteiger partial charge in [-0.3, -0.25) is 9.69 Å². The first kappa shape index (κ1) is 21.8. The van der Waals surface area contributed by atoms with Gasteiger partial charge in [0.1, 0.15) is 18.2 Å². The molecule has 0 spiro atoms. The summed E-state index contributed by atoms with van der Waals surface area (Å²) in [4.78, 5) is 25.5. The number of halogens is 2. The lowest BCUT2D eigenvalue weighted by atomic mass is 9.99. The molecule has 1 saturated heterocycles. The van der Waals surface area contributed by atoms with Crippen LogP contribution in [0.15, 0.2) is 42.7 Å². The highest BCUT2D eigenvalue weighted by Gasteiger charge is 2.37. The van der Waals surface area contributed by atoms with E-state index < -0.39 is 6.04 Å². The summed E-state index contributed by atoms with van der Waals surface area (Å²) in [7, 11) is 0. The first-order chi connectivity index (χ1) is 14.6. The van der Waals surface area contributed by atoms with Crippen LogP contribution in [-0.2, 0) is 4.79 Å². The van der Waals surface area contributed by atoms with E-state index >= 15 is 0 Å². The van der Waals surface area contributed by atoms with Gasteiger partial charge in [-0.25, -0.2) is 9.97 Å². The van der Waals surface area contributed by atoms with E-state index in [0.29, 0.717) is 23.1 Å². The lowest BCUT2D eigenvalue weighted by molar-refractivity contribution is -0.125. The number of primary amides is 1. The molecule has 1 aliphatic heterocycles. The average molecular weight is 458 g/mol. The van der Waals surface area contributed by atoms with Crippen LogP contribution in [0.3, 0.4) is 0 Å². The van der Waals surface area contributed by atoms with Crippen molar-refractivity contribution in [2.75, 3.05) is 24.5 Å². The summed E-state index contributed by atoms with van der Waals surface area (Å²) in [6, 6.07) is 11.0. The third-order valence-corrected chi connectivity index (χ3v) is 6.29. The molecule has 31 heavy (non-hydrogen) atoms. The minimum absolute atomic E-state index is 0.158. The molecular weight excluding hydrogens is 433 g/mol. The van der Waals surface area contributed by atoms with E-state index in [1.54, 1.807) is 0 Å². The van der Waals surface area contributed by atoms with Crippen molar-refractivity contribution < 1.29 is 4.79 Å². The number of fused-ring (bicyclic) bond motifs is 1. The Morgan fingerprint density at radius 2 is 1.81 bits per heavy atom. The van der Waals surface area contributed by atoms with E-state index in [4.69, 9.17) is 28.9 Å². The van der Waals surface area contributed by atoms with Gasteiger partial charge in [-0.1, -0.05) is 35.3 Å². The number of carbonyl (C=O) groups excluding carboxylic acids is 1. The molecule has 0 saturated carbocycles. The van der Waals surface area contributed by atoms with Crippen LogP contribution in [0.25, 0.3) is 22.0 Å². The number of piperazine rings is 1. The maximum absolute atomic E-state index is 12.3. The smallest absolute Gasteiger partial charge is 0.236 e. The number of hydrogen-bond donors (Lipinski definition) is 1. The summed E-state index contributed by atoms with van der Waals surface area (Å²) in [6.45, 7) is 8.20. The van der Waals surface area contributed by atoms with E-state index in [2.05, 4.69) is 40.5 Å². The van der Waals surface area contributed by atoms with Crippen LogP contribution >= 0.6 is 23.2 Å². The van der Waals surface area contributed by atoms with Gasteiger partial charge in [0.05, 0.1) is 10.5 Å². The van der Waals surface area contributed by atoms with Crippen LogP contribution in [0.4, 0.5) is 5.82 Å². The van der Waals surface area contributed by atoms with Gasteiger partial charge in [0.25, 0.3) is 0 Å². The predicted octanol–water partition coefficient (Wildman–Crippen LogP) is 4.38. The molecule has 1 aliphatic rings. The van der Waals surface area contributed by atoms with Crippen LogP contribution in [0, 0.1) is 0 Å². The van der Waals surface area contributed by atoms with Crippen molar-refractivity contribution in [2.24, 2.45) is 5.73 Å². The number of nitrogens with two attached hydrogens (primary N) is 1. The van der Waals surface area contributed by atoms with Gasteiger partial charge in [0, 0.05) is 41.1 Å². The zero-order chi connectivity index (χ0) is 22.3. The molecule has 0 aliphatic carbocycles. The molecule has 1 atom stereocenters. The highest BCUT2D eigenvalue weighted by molar-refractivity contribution is 6.34. The summed E-state index contributed by atoms with van der Waals surface area (Å²) in [5, 5.41) is 2.15. The third-order valence-electron chi connectivity index (χ3n) is 5.73. The largest absolute Gasteiger partial charge is 0.368 e. The Kier molecular flexibility index (Phi) is 5.81. The molecule has 162 valence electrons. The molecule has 3 aromatic rings. The number of benzene rings is 2. The maximum atomic E-state index is 12.3. The van der Waals surface area contributed by atoms with Crippen LogP contribution in [0.1, 0.15) is 20.8 Å². The molecule has 4 rings (SSSR count). The van der Waals surface area contributed by atoms with E-state index in [-0.39, 0.29) is 11.4 Å². The number of anilines is 1. The fourth-order valence-corrected chi connectivity index (χ4v) is 4.58. The third kappa shape index (κ3) is 4.33. The molecule has 0 radical (unpaired) electrons. The second-order valence-corrected chi connectivity index (χ2v) is 9.63. The molecule has 2 aromatic carbocycles. The zero-order valence-corrected chi connectivity index (χ0v) is 19.3. The van der Waals surface area contributed by atoms with Crippen LogP contribution in [0.2, 0.25) is 10.0 Å². The minimum Gasteiger partial charge on any atom is -0.368 e. The number of carbonyl (C=O) groups is 1. The fraction of sp³-hybridized carbons (Fsp3) is 0.348. The molecule has 0 unspecified atom stereocenters. The van der Waals surface area contributed by atoms with Crippen molar-refractivity contribution in [1.29, 1.82) is 0 Å². The summed E-state index contributed by atoms with van der Waals surface area (Å²) >= 11 is 12.6. The molecule has 6 nitrogen and oxygen atoms in total. The van der Waals surface area contributed by atoms with E-state index in [1.807, 2.05) is 36.4 Å². The second kappa shape index (κ2) is 8.26. The highest BCUT2D eigenvalue weighted by atomic mass is 35.5. The Morgan fingerprint density at radius 3 is 2.45 bits per heavy atom. The van der Waals surface area contributed by atoms with E-state index in [9.17, 15) is 4.79 Å². The SMILES string of the molecule is CC(C)(C)N1CCN(c2ncnc3cc(Cl)c(-c4ccc(Cl)cc4)cc23)C[C@H]1C(N)=O. The van der Waals surface area contributed by atoms with E-state index in [1.165, 1.54) is 6.33 Å². The molecule has 2 heterocycles. The Balaban J connectivity index is 1.77. The lowest BCUT2D eigenvalue weighted by Crippen LogP contribution is -2.63. The van der Waals surface area contributed by atoms with Gasteiger partial charge in [-0.2, -0.15) is 0 Å². The molecule has 0 bridgehead atoms. The minimum atomic E-state index is -0.401. The average Bonchev–Trinajstić information content (AvgIpc) is 2.72. The summed E-state index contributed by atoms with van der Waals surface area (Å²) in [5.74, 6) is 0.444. The van der Waals surface area contributed by atoms with E-state index in [0.717, 1.165) is 34.4 Å². The summed E-state index contributed by atoms with van der Waals surface area (Å²) in [5.41, 5.74) is 8.20. The topological polar surface area (TPSA) is 75.3 Å². The van der Waals surface area contributed by atoms with Gasteiger partial charge >= 0.3 is 0 Å². The second-order valence-electron chi connectivity index (χ2n) is 8.78. The molecule has 1 aromatic heterocycles. The first-order valence-electron chi connectivity index (χ1n) is 10.2. The quantitative estimate of drug-likeness (QED) is 0.631. The van der Waals surface area contributed by atoms with Crippen molar-refractivity contribution in [3.05, 3.63) is 52.8 Å². The first-order valence-corrected chi connectivity index (χ1v) is 10.9. The van der Waals surface area contributed by atoms with Crippen molar-refractivity contribution in [1.82, 2.24) is 14.9 Å². The Morgan fingerprint density at radius 1 is 1.10 bits per heavy atom. The van der Waals surface area contributed by atoms with Gasteiger partial charge in [-0.05, 0) is 50.6 Å². The highest BCUT2D eigenvalue weighted by Crippen LogP contribution is 2.36. The lowest BCUT2D eigenvalue weighted by Gasteiger charge is -2.47. The Hall–Kier alpha value is -2.41. The summed E-state index contributed by atoms with van der Waals surface area (Å²) < 4.78 is 0. The number of nitrogens with zero attached hydrogens (tertiary/aromatic N) is 4. The van der Waals surface area contributed by atoms with Crippen LogP contribution < -0.4 is 10.6 Å². The van der Waals surface area contributed by atoms with Gasteiger partial charge in [0.2, 0.25) is 5.91 Å². The van der Waals surface area contributed by atoms with Gasteiger partial charge in [0.15, 0.2) is 0 Å². The molecule has 2 N–H and O–H groups in total. The van der Waals surface area contributed by atoms with Crippen molar-refractivity contribution >= 4 is 45.8 Å². The van der Waals surface area contributed by atoms with Gasteiger partial charge in [-0.15, -0.1) is 0 Å². The fourth-order valence-electron chi connectivity index (χ4n) is 4.19. The number of amides is 1. The Labute approximate surface area is 192 Å². The zero-order valence-electron chi connectivity index (χ0n) is 17.8. The summed E-state index contributed by atoms with van der Waals surface area (Å²) in [6.07, 6.45) is 1.53. The predicted molar refractivity (Wildman–Crippen MR) is 127 cm³/mol. The number of aromatic nitrogens is 2. The van der Waals surface area contributed by atoms with Crippen LogP contribution in [0.5, 0.6) is 0 Å². The Bertz CT molecular complexity index is 1130. The normalized spacial score (nSPS) is 17.8. The molecule has 1 fully saturated rings. The standard InChI is InChI=1S/C23H25Cl2N5O/c1-23(2,3)30-9-8-29(12-20(30)21(26)31)22-17-10-16(14-4-6-15(24)7-5-14)18(25)11-19(17)27-13-28-22/h4-7,10-11,13,20H,8-9,12H2,1-3H3,(H2,26,31)/t20-/m0/s1. The van der Waals surface area contributed by atoms with Crippen molar-refractivity contribution in [3.8, 4) is 11.1 Å². The maximum Gasteiger partial charge on any atom is 0.236 e. The molecule has 1 amide bonds. The monoisotopic (exact) mass is 457 g/mol. The van der Waals surface area contributed by atoms with Crippen molar-refractivity contribution in [2.45, 2.75) is 32.4 Å². The number of hydrogen-bond acceptors (Lipinski definition) is 5. The van der Waals surface area contributed by atoms with Crippen LogP contribution in [-0.4, -0.2) is 52.0 Å². The molecular formula is C23H25Cl2N5O. The molecule has 8 heteroatoms. The van der Waals surface area contributed by atoms with Crippen molar-refractivity contribution in [3.63, 3.8) is 0 Å². The number of rotatable bonds is 3. The van der Waals surface area contributed by atoms with Gasteiger partial charge < -0.3 is 10.6 Å².